The van der Waals surface area contributed by atoms with Crippen LogP contribution in [0, 0.1) is 12.3 Å². The van der Waals surface area contributed by atoms with Crippen molar-refractivity contribution in [3.8, 4) is 0 Å². The summed E-state index contributed by atoms with van der Waals surface area (Å²) >= 11 is 3.69. The molecule has 0 saturated carbocycles. The maximum atomic E-state index is 12.0. The molecule has 1 aromatic heterocycles. The molecule has 0 saturated heterocycles. The molecule has 0 unspecified atom stereocenters. The molecule has 1 heterocycles. The molecule has 2 rings (SSSR count). The summed E-state index contributed by atoms with van der Waals surface area (Å²) < 4.78 is 0.777. The molecule has 158 valence electrons. The van der Waals surface area contributed by atoms with E-state index in [4.69, 9.17) is 4.98 Å². The Morgan fingerprint density at radius 3 is 2.38 bits per heavy atom. The second-order valence-corrected chi connectivity index (χ2v) is 9.35. The highest BCUT2D eigenvalue weighted by Crippen LogP contribution is 2.35. The summed E-state index contributed by atoms with van der Waals surface area (Å²) in [4.78, 5) is 25.4. The lowest BCUT2D eigenvalue weighted by molar-refractivity contribution is 0.0963. The van der Waals surface area contributed by atoms with Crippen molar-refractivity contribution in [3.05, 3.63) is 33.8 Å². The monoisotopic (exact) mass is 462 g/mol. The Balaban J connectivity index is 2.51. The van der Waals surface area contributed by atoms with Crippen molar-refractivity contribution in [1.82, 2.24) is 15.3 Å². The van der Waals surface area contributed by atoms with E-state index >= 15 is 0 Å². The minimum absolute atomic E-state index is 0.115. The van der Waals surface area contributed by atoms with E-state index in [9.17, 15) is 4.79 Å². The van der Waals surface area contributed by atoms with Gasteiger partial charge in [0.1, 0.15) is 4.47 Å². The van der Waals surface area contributed by atoms with E-state index in [2.05, 4.69) is 57.2 Å². The highest BCUT2D eigenvalue weighted by Gasteiger charge is 2.21. The highest BCUT2D eigenvalue weighted by atomic mass is 79.9. The number of rotatable bonds is 6. The van der Waals surface area contributed by atoms with Gasteiger partial charge in [-0.05, 0) is 46.0 Å². The van der Waals surface area contributed by atoms with Crippen LogP contribution >= 0.6 is 15.9 Å². The molecule has 1 amide bonds. The zero-order chi connectivity index (χ0) is 21.9. The van der Waals surface area contributed by atoms with Gasteiger partial charge in [-0.2, -0.15) is 9.97 Å². The highest BCUT2D eigenvalue weighted by molar-refractivity contribution is 9.10. The molecular formula is C21H31BrN6O. The number of nitrogens with zero attached hydrogens (tertiary/aromatic N) is 4. The molecule has 0 spiro atoms. The fourth-order valence-corrected chi connectivity index (χ4v) is 3.49. The van der Waals surface area contributed by atoms with E-state index in [0.29, 0.717) is 17.3 Å². The molecule has 0 aliphatic rings. The predicted octanol–water partition coefficient (Wildman–Crippen LogP) is 4.20. The van der Waals surface area contributed by atoms with Gasteiger partial charge >= 0.3 is 0 Å². The summed E-state index contributed by atoms with van der Waals surface area (Å²) in [5, 5.41) is 6.04. The summed E-state index contributed by atoms with van der Waals surface area (Å²) in [7, 11) is 7.48. The summed E-state index contributed by atoms with van der Waals surface area (Å²) in [5.74, 6) is 1.93. The average molecular weight is 463 g/mol. The largest absolute Gasteiger partial charge is 0.358 e. The Kier molecular flexibility index (Phi) is 7.11. The summed E-state index contributed by atoms with van der Waals surface area (Å²) in [6, 6.07) is 5.56. The van der Waals surface area contributed by atoms with Gasteiger partial charge in [-0.1, -0.05) is 26.8 Å². The van der Waals surface area contributed by atoms with Gasteiger partial charge in [-0.25, -0.2) is 0 Å². The predicted molar refractivity (Wildman–Crippen MR) is 125 cm³/mol. The molecule has 0 fully saturated rings. The number of carbonyl (C=O) groups is 1. The van der Waals surface area contributed by atoms with Crippen molar-refractivity contribution in [1.29, 1.82) is 0 Å². The zero-order valence-electron chi connectivity index (χ0n) is 18.5. The van der Waals surface area contributed by atoms with Crippen molar-refractivity contribution < 1.29 is 4.79 Å². The first-order valence-corrected chi connectivity index (χ1v) is 10.3. The van der Waals surface area contributed by atoms with Crippen molar-refractivity contribution in [2.75, 3.05) is 49.9 Å². The van der Waals surface area contributed by atoms with E-state index in [0.717, 1.165) is 28.1 Å². The molecule has 2 aromatic rings. The van der Waals surface area contributed by atoms with Crippen LogP contribution in [0.1, 0.15) is 36.7 Å². The van der Waals surface area contributed by atoms with E-state index in [1.54, 1.807) is 7.05 Å². The Morgan fingerprint density at radius 2 is 1.83 bits per heavy atom. The molecule has 0 aliphatic carbocycles. The van der Waals surface area contributed by atoms with Crippen LogP contribution in [0.2, 0.25) is 0 Å². The Labute approximate surface area is 182 Å². The molecule has 29 heavy (non-hydrogen) atoms. The van der Waals surface area contributed by atoms with E-state index in [-0.39, 0.29) is 11.3 Å². The van der Waals surface area contributed by atoms with Crippen molar-refractivity contribution in [3.63, 3.8) is 0 Å². The normalized spacial score (nSPS) is 11.2. The third-order valence-corrected chi connectivity index (χ3v) is 5.01. The average Bonchev–Trinajstić information content (AvgIpc) is 2.62. The van der Waals surface area contributed by atoms with E-state index < -0.39 is 0 Å². The van der Waals surface area contributed by atoms with Gasteiger partial charge < -0.3 is 20.4 Å². The molecule has 7 nitrogen and oxygen atoms in total. The van der Waals surface area contributed by atoms with Crippen molar-refractivity contribution in [2.45, 2.75) is 27.7 Å². The summed E-state index contributed by atoms with van der Waals surface area (Å²) in [5.41, 5.74) is 2.53. The van der Waals surface area contributed by atoms with Gasteiger partial charge in [0.2, 0.25) is 5.95 Å². The first-order chi connectivity index (χ1) is 13.4. The minimum Gasteiger partial charge on any atom is -0.358 e. The lowest BCUT2D eigenvalue weighted by Gasteiger charge is -2.29. The standard InChI is InChI=1S/C21H31BrN6O/c1-13-9-10-14(19(29)23-5)11-15(13)24-17-16(22)18(26-20(25-17)27(6)7)28(8)12-21(2,3)4/h9-11H,12H2,1-8H3,(H,23,29)(H,24,25,26). The van der Waals surface area contributed by atoms with Gasteiger partial charge in [0, 0.05) is 46.0 Å². The van der Waals surface area contributed by atoms with Crippen molar-refractivity contribution in [2.24, 2.45) is 5.41 Å². The number of benzene rings is 1. The Bertz CT molecular complexity index is 891. The molecule has 0 atom stereocenters. The zero-order valence-corrected chi connectivity index (χ0v) is 20.1. The van der Waals surface area contributed by atoms with Crippen LogP contribution in [0.3, 0.4) is 0 Å². The third kappa shape index (κ3) is 5.82. The lowest BCUT2D eigenvalue weighted by atomic mass is 9.96. The van der Waals surface area contributed by atoms with Gasteiger partial charge in [0.05, 0.1) is 0 Å². The van der Waals surface area contributed by atoms with Crippen LogP contribution in [-0.4, -0.2) is 50.6 Å². The van der Waals surface area contributed by atoms with Crippen LogP contribution in [0.25, 0.3) is 0 Å². The van der Waals surface area contributed by atoms with E-state index in [1.165, 1.54) is 0 Å². The fraction of sp³-hybridized carbons (Fsp3) is 0.476. The molecular weight excluding hydrogens is 432 g/mol. The number of carbonyl (C=O) groups excluding carboxylic acids is 1. The number of hydrogen-bond acceptors (Lipinski definition) is 6. The summed E-state index contributed by atoms with van der Waals surface area (Å²) in [6.07, 6.45) is 0. The van der Waals surface area contributed by atoms with Gasteiger partial charge in [-0.3, -0.25) is 4.79 Å². The number of anilines is 4. The maximum Gasteiger partial charge on any atom is 0.251 e. The number of aromatic nitrogens is 2. The molecule has 0 aliphatic heterocycles. The van der Waals surface area contributed by atoms with Crippen LogP contribution in [0.4, 0.5) is 23.3 Å². The molecule has 1 aromatic carbocycles. The summed E-state index contributed by atoms with van der Waals surface area (Å²) in [6.45, 7) is 9.40. The van der Waals surface area contributed by atoms with E-state index in [1.807, 2.05) is 51.2 Å². The van der Waals surface area contributed by atoms with Gasteiger partial charge in [-0.15, -0.1) is 0 Å². The third-order valence-electron chi connectivity index (χ3n) is 4.27. The maximum absolute atomic E-state index is 12.0. The Hall–Kier alpha value is -2.35. The van der Waals surface area contributed by atoms with Crippen LogP contribution < -0.4 is 20.4 Å². The SMILES string of the molecule is CNC(=O)c1ccc(C)c(Nc2nc(N(C)C)nc(N(C)CC(C)(C)C)c2Br)c1. The van der Waals surface area contributed by atoms with Gasteiger partial charge in [0.15, 0.2) is 11.6 Å². The Morgan fingerprint density at radius 1 is 1.17 bits per heavy atom. The van der Waals surface area contributed by atoms with Crippen molar-refractivity contribution >= 4 is 45.1 Å². The lowest BCUT2D eigenvalue weighted by Crippen LogP contribution is -2.30. The molecule has 2 N–H and O–H groups in total. The molecule has 0 radical (unpaired) electrons. The minimum atomic E-state index is -0.130. The van der Waals surface area contributed by atoms with Crippen LogP contribution in [0.15, 0.2) is 22.7 Å². The second kappa shape index (κ2) is 8.98. The number of halogens is 1. The van der Waals surface area contributed by atoms with Crippen LogP contribution in [-0.2, 0) is 0 Å². The first kappa shape index (κ1) is 22.9. The number of nitrogens with one attached hydrogen (secondary N) is 2. The quantitative estimate of drug-likeness (QED) is 0.669. The second-order valence-electron chi connectivity index (χ2n) is 8.55. The molecule has 8 heteroatoms. The van der Waals surface area contributed by atoms with Gasteiger partial charge in [0.25, 0.3) is 5.91 Å². The first-order valence-electron chi connectivity index (χ1n) is 9.48. The van der Waals surface area contributed by atoms with Crippen LogP contribution in [0.5, 0.6) is 0 Å². The number of aryl methyl sites for hydroxylation is 1. The molecule has 0 bridgehead atoms. The topological polar surface area (TPSA) is 73.4 Å². The smallest absolute Gasteiger partial charge is 0.251 e. The number of amides is 1. The fourth-order valence-electron chi connectivity index (χ4n) is 2.92. The number of hydrogen-bond donors (Lipinski definition) is 2.